The number of nitrogens with two attached hydrogens (primary N) is 1. The van der Waals surface area contributed by atoms with Gasteiger partial charge in [0.1, 0.15) is 12.2 Å². The van der Waals surface area contributed by atoms with E-state index in [1.54, 1.807) is 66.4 Å². The van der Waals surface area contributed by atoms with Gasteiger partial charge in [0.05, 0.1) is 17.8 Å². The third-order valence-electron chi connectivity index (χ3n) is 5.74. The van der Waals surface area contributed by atoms with Crippen LogP contribution in [-0.2, 0) is 9.59 Å². The van der Waals surface area contributed by atoms with Gasteiger partial charge in [0.15, 0.2) is 5.82 Å². The fourth-order valence-electron chi connectivity index (χ4n) is 4.25. The average Bonchev–Trinajstić information content (AvgIpc) is 3.18. The Labute approximate surface area is 223 Å². The van der Waals surface area contributed by atoms with Crippen LogP contribution in [0.4, 0.5) is 17.2 Å². The fraction of sp³-hybridized carbons (Fsp3) is 0.200. The number of amides is 2. The van der Waals surface area contributed by atoms with Gasteiger partial charge >= 0.3 is 5.97 Å². The van der Waals surface area contributed by atoms with E-state index in [0.717, 1.165) is 0 Å². The summed E-state index contributed by atoms with van der Waals surface area (Å²) in [5.74, 6) is -1.86. The van der Waals surface area contributed by atoms with Gasteiger partial charge in [0.2, 0.25) is 11.8 Å². The number of halogens is 2. The minimum Gasteiger partial charge on any atom is -0.478 e. The average molecular weight is 543 g/mol. The molecule has 4 rings (SSSR count). The van der Waals surface area contributed by atoms with Crippen molar-refractivity contribution in [3.8, 4) is 0 Å². The molecule has 2 heterocycles. The smallest absolute Gasteiger partial charge is 0.338 e. The maximum absolute atomic E-state index is 12.9. The number of nitrogens with one attached hydrogen (secondary N) is 2. The molecule has 0 radical (unpaired) electrons. The van der Waals surface area contributed by atoms with Gasteiger partial charge in [-0.1, -0.05) is 41.4 Å². The molecule has 10 nitrogen and oxygen atoms in total. The highest BCUT2D eigenvalue weighted by Gasteiger charge is 2.42. The summed E-state index contributed by atoms with van der Waals surface area (Å²) < 4.78 is 0. The van der Waals surface area contributed by atoms with Crippen LogP contribution in [0.2, 0.25) is 10.0 Å². The Kier molecular flexibility index (Phi) is 7.53. The van der Waals surface area contributed by atoms with Crippen LogP contribution < -0.4 is 21.3 Å². The molecule has 3 aromatic rings. The predicted molar refractivity (Wildman–Crippen MR) is 142 cm³/mol. The first kappa shape index (κ1) is 26.2. The second-order valence-electron chi connectivity index (χ2n) is 8.69. The molecule has 192 valence electrons. The molecule has 0 aliphatic carbocycles. The summed E-state index contributed by atoms with van der Waals surface area (Å²) >= 11 is 12.6. The number of aromatic carboxylic acids is 1. The van der Waals surface area contributed by atoms with Gasteiger partial charge in [-0.15, -0.1) is 0 Å². The van der Waals surface area contributed by atoms with Crippen molar-refractivity contribution in [2.75, 3.05) is 36.2 Å². The number of nitrogens with zero attached hydrogens (tertiary/aromatic N) is 3. The molecule has 5 N–H and O–H groups in total. The first-order chi connectivity index (χ1) is 17.6. The number of carboxylic acid groups (broad SMARTS) is 1. The monoisotopic (exact) mass is 542 g/mol. The number of anilines is 3. The molecule has 1 aliphatic rings. The van der Waals surface area contributed by atoms with Crippen LogP contribution in [0.15, 0.2) is 54.7 Å². The normalized spacial score (nSPS) is 15.2. The minimum absolute atomic E-state index is 0.0658. The molecular weight excluding hydrogens is 519 g/mol. The molecule has 1 aromatic heterocycles. The first-order valence-corrected chi connectivity index (χ1v) is 11.9. The molecule has 2 unspecified atom stereocenters. The molecular formula is C25H24Cl2N6O4. The highest BCUT2D eigenvalue weighted by molar-refractivity contribution is 6.35. The zero-order valence-corrected chi connectivity index (χ0v) is 21.4. The fourth-order valence-corrected chi connectivity index (χ4v) is 4.76. The quantitative estimate of drug-likeness (QED) is 0.337. The van der Waals surface area contributed by atoms with E-state index in [1.165, 1.54) is 12.3 Å². The third kappa shape index (κ3) is 5.46. The maximum atomic E-state index is 12.9. The van der Waals surface area contributed by atoms with Gasteiger partial charge < -0.3 is 31.3 Å². The SMILES string of the molecule is CN(C)CC(=O)Nc1ccc(C(C(N)=O)N2c3c(C(=O)O)ccnc3NC2c2ccc(Cl)cc2Cl)cc1. The van der Waals surface area contributed by atoms with Gasteiger partial charge in [0, 0.05) is 27.5 Å². The maximum Gasteiger partial charge on any atom is 0.338 e. The largest absolute Gasteiger partial charge is 0.478 e. The Hall–Kier alpha value is -3.86. The van der Waals surface area contributed by atoms with Crippen molar-refractivity contribution >= 4 is 58.2 Å². The van der Waals surface area contributed by atoms with E-state index >= 15 is 0 Å². The lowest BCUT2D eigenvalue weighted by Gasteiger charge is -2.34. The van der Waals surface area contributed by atoms with Gasteiger partial charge in [-0.3, -0.25) is 9.59 Å². The summed E-state index contributed by atoms with van der Waals surface area (Å²) in [7, 11) is 3.57. The molecule has 2 aromatic carbocycles. The number of hydrogen-bond donors (Lipinski definition) is 4. The molecule has 0 spiro atoms. The van der Waals surface area contributed by atoms with Crippen molar-refractivity contribution in [1.29, 1.82) is 0 Å². The number of hydrogen-bond acceptors (Lipinski definition) is 7. The van der Waals surface area contributed by atoms with Crippen LogP contribution in [0.25, 0.3) is 0 Å². The van der Waals surface area contributed by atoms with Gasteiger partial charge in [-0.2, -0.15) is 0 Å². The van der Waals surface area contributed by atoms with Crippen molar-refractivity contribution in [2.45, 2.75) is 12.2 Å². The van der Waals surface area contributed by atoms with Crippen LogP contribution in [0.1, 0.15) is 33.7 Å². The minimum atomic E-state index is -1.20. The summed E-state index contributed by atoms with van der Waals surface area (Å²) in [5, 5.41) is 16.6. The molecule has 0 saturated carbocycles. The number of fused-ring (bicyclic) bond motifs is 1. The van der Waals surface area contributed by atoms with Crippen molar-refractivity contribution < 1.29 is 19.5 Å². The summed E-state index contributed by atoms with van der Waals surface area (Å²) in [6, 6.07) is 11.7. The van der Waals surface area contributed by atoms with E-state index in [4.69, 9.17) is 28.9 Å². The number of primary amides is 1. The number of likely N-dealkylation sites (N-methyl/N-ethyl adjacent to an activating group) is 1. The topological polar surface area (TPSA) is 141 Å². The van der Waals surface area contributed by atoms with E-state index in [1.807, 2.05) is 0 Å². The highest BCUT2D eigenvalue weighted by Crippen LogP contribution is 2.48. The Morgan fingerprint density at radius 1 is 1.16 bits per heavy atom. The Bertz CT molecular complexity index is 1370. The zero-order chi connectivity index (χ0) is 26.9. The van der Waals surface area contributed by atoms with Crippen LogP contribution in [0, 0.1) is 0 Å². The molecule has 2 atom stereocenters. The van der Waals surface area contributed by atoms with Crippen LogP contribution in [0.5, 0.6) is 0 Å². The molecule has 12 heteroatoms. The van der Waals surface area contributed by atoms with Crippen molar-refractivity contribution in [1.82, 2.24) is 9.88 Å². The van der Waals surface area contributed by atoms with Crippen LogP contribution >= 0.6 is 23.2 Å². The molecule has 1 aliphatic heterocycles. The number of carboxylic acids is 1. The van der Waals surface area contributed by atoms with Gasteiger partial charge in [0.25, 0.3) is 0 Å². The van der Waals surface area contributed by atoms with Crippen molar-refractivity contribution in [3.63, 3.8) is 0 Å². The number of carbonyl (C=O) groups excluding carboxylic acids is 2. The van der Waals surface area contributed by atoms with E-state index in [0.29, 0.717) is 26.9 Å². The number of rotatable bonds is 8. The molecule has 0 saturated heterocycles. The Morgan fingerprint density at radius 2 is 1.86 bits per heavy atom. The summed E-state index contributed by atoms with van der Waals surface area (Å²) in [6.45, 7) is 0.205. The predicted octanol–water partition coefficient (Wildman–Crippen LogP) is 3.74. The lowest BCUT2D eigenvalue weighted by molar-refractivity contribution is -0.119. The molecule has 2 amide bonds. The molecule has 37 heavy (non-hydrogen) atoms. The van der Waals surface area contributed by atoms with Crippen LogP contribution in [-0.4, -0.2) is 53.4 Å². The Morgan fingerprint density at radius 3 is 2.46 bits per heavy atom. The van der Waals surface area contributed by atoms with Gasteiger partial charge in [-0.05, 0) is 50.0 Å². The molecule has 0 fully saturated rings. The second-order valence-corrected chi connectivity index (χ2v) is 9.54. The lowest BCUT2D eigenvalue weighted by atomic mass is 10.0. The molecule has 0 bridgehead atoms. The number of carbonyl (C=O) groups is 3. The number of pyridine rings is 1. The number of benzene rings is 2. The number of aromatic nitrogens is 1. The van der Waals surface area contributed by atoms with Crippen molar-refractivity contribution in [3.05, 3.63) is 81.5 Å². The highest BCUT2D eigenvalue weighted by atomic mass is 35.5. The third-order valence-corrected chi connectivity index (χ3v) is 6.30. The zero-order valence-electron chi connectivity index (χ0n) is 19.9. The summed E-state index contributed by atoms with van der Waals surface area (Å²) in [5.41, 5.74) is 7.58. The van der Waals surface area contributed by atoms with E-state index in [9.17, 15) is 19.5 Å². The Balaban J connectivity index is 1.80. The lowest BCUT2D eigenvalue weighted by Crippen LogP contribution is -2.40. The first-order valence-electron chi connectivity index (χ1n) is 11.1. The summed E-state index contributed by atoms with van der Waals surface area (Å²) in [6.07, 6.45) is 0.578. The van der Waals surface area contributed by atoms with E-state index in [-0.39, 0.29) is 29.5 Å². The second kappa shape index (κ2) is 10.6. The van der Waals surface area contributed by atoms with E-state index in [2.05, 4.69) is 15.6 Å². The standard InChI is InChI=1S/C25H24Cl2N6O4/c1-32(2)12-19(34)30-15-6-3-13(4-7-15)20(22(28)35)33-21-17(25(36)37)9-10-29-23(21)31-24(33)16-8-5-14(26)11-18(16)27/h3-11,20,24H,12H2,1-2H3,(H2,28,35)(H,29,31)(H,30,34)(H,36,37). The van der Waals surface area contributed by atoms with Crippen molar-refractivity contribution in [2.24, 2.45) is 5.73 Å². The van der Waals surface area contributed by atoms with Gasteiger partial charge in [-0.25, -0.2) is 9.78 Å². The summed E-state index contributed by atoms with van der Waals surface area (Å²) in [4.78, 5) is 44.8. The van der Waals surface area contributed by atoms with E-state index < -0.39 is 24.1 Å². The van der Waals surface area contributed by atoms with Crippen LogP contribution in [0.3, 0.4) is 0 Å².